The summed E-state index contributed by atoms with van der Waals surface area (Å²) in [6, 6.07) is 4.03. The summed E-state index contributed by atoms with van der Waals surface area (Å²) in [5.41, 5.74) is -0.902. The lowest BCUT2D eigenvalue weighted by Gasteiger charge is -2.23. The van der Waals surface area contributed by atoms with E-state index in [4.69, 9.17) is 23.2 Å². The van der Waals surface area contributed by atoms with Crippen LogP contribution in [-0.4, -0.2) is 35.8 Å². The molecule has 1 aliphatic heterocycles. The highest BCUT2D eigenvalue weighted by Crippen LogP contribution is 2.34. The van der Waals surface area contributed by atoms with Gasteiger partial charge in [-0.1, -0.05) is 29.3 Å². The third-order valence-corrected chi connectivity index (χ3v) is 3.97. The molecule has 1 heterocycles. The van der Waals surface area contributed by atoms with Crippen molar-refractivity contribution in [3.05, 3.63) is 33.8 Å². The predicted molar refractivity (Wildman–Crippen MR) is 82.7 cm³/mol. The van der Waals surface area contributed by atoms with E-state index in [0.717, 1.165) is 4.90 Å². The Kier molecular flexibility index (Phi) is 4.63. The number of amides is 4. The molecule has 2 rings (SSSR count). The Balaban J connectivity index is 2.31. The van der Waals surface area contributed by atoms with Gasteiger partial charge in [0.25, 0.3) is 5.91 Å². The zero-order valence-electron chi connectivity index (χ0n) is 12.1. The molecule has 1 saturated heterocycles. The first kappa shape index (κ1) is 16.6. The second kappa shape index (κ2) is 6.14. The lowest BCUT2D eigenvalue weighted by molar-refractivity contribution is -0.134. The zero-order valence-corrected chi connectivity index (χ0v) is 13.6. The molecule has 0 aromatic heterocycles. The minimum atomic E-state index is -1.33. The van der Waals surface area contributed by atoms with Gasteiger partial charge in [0.1, 0.15) is 12.1 Å². The molecule has 0 saturated carbocycles. The standard InChI is InChI=1S/C14H15Cl2N3O3/c1-3-17-11(20)7-19-12(21)14(2,18-13(19)22)9-5-4-8(15)6-10(9)16/h4-6H,3,7H2,1-2H3,(H,17,20)(H,18,22). The van der Waals surface area contributed by atoms with Crippen molar-refractivity contribution < 1.29 is 14.4 Å². The lowest BCUT2D eigenvalue weighted by atomic mass is 9.92. The average molecular weight is 344 g/mol. The van der Waals surface area contributed by atoms with Gasteiger partial charge in [-0.3, -0.25) is 14.5 Å². The smallest absolute Gasteiger partial charge is 0.325 e. The summed E-state index contributed by atoms with van der Waals surface area (Å²) < 4.78 is 0. The van der Waals surface area contributed by atoms with E-state index in [1.54, 1.807) is 26.0 Å². The van der Waals surface area contributed by atoms with Crippen molar-refractivity contribution in [1.82, 2.24) is 15.5 Å². The van der Waals surface area contributed by atoms with E-state index in [2.05, 4.69) is 10.6 Å². The van der Waals surface area contributed by atoms with Crippen LogP contribution in [0.1, 0.15) is 19.4 Å². The molecule has 1 aromatic carbocycles. The number of carbonyl (C=O) groups is 3. The van der Waals surface area contributed by atoms with Gasteiger partial charge in [0.05, 0.1) is 0 Å². The summed E-state index contributed by atoms with van der Waals surface area (Å²) in [6.45, 7) is 3.38. The molecule has 1 unspecified atom stereocenters. The second-order valence-electron chi connectivity index (χ2n) is 5.02. The summed E-state index contributed by atoms with van der Waals surface area (Å²) in [5, 5.41) is 5.82. The van der Waals surface area contributed by atoms with Gasteiger partial charge in [0.2, 0.25) is 5.91 Å². The number of nitrogens with one attached hydrogen (secondary N) is 2. The monoisotopic (exact) mass is 343 g/mol. The van der Waals surface area contributed by atoms with Crippen molar-refractivity contribution in [2.75, 3.05) is 13.1 Å². The van der Waals surface area contributed by atoms with Crippen LogP contribution >= 0.6 is 23.2 Å². The molecule has 0 spiro atoms. The average Bonchev–Trinajstić information content (AvgIpc) is 2.63. The largest absolute Gasteiger partial charge is 0.355 e. The molecule has 4 amide bonds. The number of likely N-dealkylation sites (N-methyl/N-ethyl adjacent to an activating group) is 1. The number of carbonyl (C=O) groups excluding carboxylic acids is 3. The second-order valence-corrected chi connectivity index (χ2v) is 5.87. The van der Waals surface area contributed by atoms with Gasteiger partial charge in [0, 0.05) is 22.2 Å². The Morgan fingerprint density at radius 3 is 2.64 bits per heavy atom. The van der Waals surface area contributed by atoms with Crippen molar-refractivity contribution in [2.45, 2.75) is 19.4 Å². The fraction of sp³-hybridized carbons (Fsp3) is 0.357. The number of nitrogens with zero attached hydrogens (tertiary/aromatic N) is 1. The van der Waals surface area contributed by atoms with E-state index >= 15 is 0 Å². The molecule has 22 heavy (non-hydrogen) atoms. The maximum atomic E-state index is 12.6. The molecule has 6 nitrogen and oxygen atoms in total. The molecule has 1 fully saturated rings. The van der Waals surface area contributed by atoms with Crippen LogP contribution < -0.4 is 10.6 Å². The Labute approximate surface area is 137 Å². The van der Waals surface area contributed by atoms with Gasteiger partial charge in [-0.05, 0) is 26.0 Å². The van der Waals surface area contributed by atoms with Crippen molar-refractivity contribution in [3.63, 3.8) is 0 Å². The molecule has 1 aliphatic rings. The Hall–Kier alpha value is -1.79. The summed E-state index contributed by atoms with van der Waals surface area (Å²) in [4.78, 5) is 37.1. The highest BCUT2D eigenvalue weighted by atomic mass is 35.5. The van der Waals surface area contributed by atoms with Crippen LogP contribution in [0.4, 0.5) is 4.79 Å². The first-order valence-corrected chi connectivity index (χ1v) is 7.41. The van der Waals surface area contributed by atoms with Crippen LogP contribution in [0.5, 0.6) is 0 Å². The molecule has 1 atom stereocenters. The van der Waals surface area contributed by atoms with Crippen molar-refractivity contribution in [1.29, 1.82) is 0 Å². The fourth-order valence-electron chi connectivity index (χ4n) is 2.31. The van der Waals surface area contributed by atoms with Gasteiger partial charge in [-0.15, -0.1) is 0 Å². The molecular weight excluding hydrogens is 329 g/mol. The fourth-order valence-corrected chi connectivity index (χ4v) is 2.91. The third kappa shape index (κ3) is 2.89. The number of rotatable bonds is 4. The van der Waals surface area contributed by atoms with Crippen LogP contribution in [-0.2, 0) is 15.1 Å². The van der Waals surface area contributed by atoms with Crippen LogP contribution in [0.3, 0.4) is 0 Å². The number of hydrogen-bond acceptors (Lipinski definition) is 3. The van der Waals surface area contributed by atoms with Crippen LogP contribution in [0.25, 0.3) is 0 Å². The van der Waals surface area contributed by atoms with E-state index < -0.39 is 23.4 Å². The van der Waals surface area contributed by atoms with Gasteiger partial charge < -0.3 is 10.6 Å². The predicted octanol–water partition coefficient (Wildman–Crippen LogP) is 1.90. The molecule has 118 valence electrons. The van der Waals surface area contributed by atoms with Gasteiger partial charge in [-0.25, -0.2) is 4.79 Å². The quantitative estimate of drug-likeness (QED) is 0.819. The molecule has 2 N–H and O–H groups in total. The minimum Gasteiger partial charge on any atom is -0.355 e. The van der Waals surface area contributed by atoms with E-state index in [0.29, 0.717) is 17.1 Å². The van der Waals surface area contributed by atoms with Crippen LogP contribution in [0.15, 0.2) is 18.2 Å². The van der Waals surface area contributed by atoms with Gasteiger partial charge in [-0.2, -0.15) is 0 Å². The highest BCUT2D eigenvalue weighted by molar-refractivity contribution is 6.35. The van der Waals surface area contributed by atoms with Crippen LogP contribution in [0, 0.1) is 0 Å². The van der Waals surface area contributed by atoms with E-state index in [-0.39, 0.29) is 11.6 Å². The summed E-state index contributed by atoms with van der Waals surface area (Å²) in [6.07, 6.45) is 0. The normalized spacial score (nSPS) is 21.0. The highest BCUT2D eigenvalue weighted by Gasteiger charge is 2.50. The lowest BCUT2D eigenvalue weighted by Crippen LogP contribution is -2.43. The molecule has 1 aromatic rings. The summed E-state index contributed by atoms with van der Waals surface area (Å²) in [7, 11) is 0. The van der Waals surface area contributed by atoms with Crippen molar-refractivity contribution in [3.8, 4) is 0 Å². The van der Waals surface area contributed by atoms with Gasteiger partial charge in [0.15, 0.2) is 0 Å². The molecule has 0 radical (unpaired) electrons. The molecule has 0 bridgehead atoms. The third-order valence-electron chi connectivity index (χ3n) is 3.42. The molecule has 8 heteroatoms. The number of benzene rings is 1. The summed E-state index contributed by atoms with van der Waals surface area (Å²) >= 11 is 12.0. The van der Waals surface area contributed by atoms with E-state index in [1.165, 1.54) is 6.07 Å². The summed E-state index contributed by atoms with van der Waals surface area (Å²) in [5.74, 6) is -0.939. The van der Waals surface area contributed by atoms with Crippen molar-refractivity contribution in [2.24, 2.45) is 0 Å². The number of halogens is 2. The molecular formula is C14H15Cl2N3O3. The number of imide groups is 1. The molecule has 0 aliphatic carbocycles. The van der Waals surface area contributed by atoms with Crippen molar-refractivity contribution >= 4 is 41.0 Å². The SMILES string of the molecule is CCNC(=O)CN1C(=O)NC(C)(c2ccc(Cl)cc2Cl)C1=O. The first-order chi connectivity index (χ1) is 10.3. The van der Waals surface area contributed by atoms with Gasteiger partial charge >= 0.3 is 6.03 Å². The topological polar surface area (TPSA) is 78.5 Å². The Morgan fingerprint density at radius 1 is 1.36 bits per heavy atom. The van der Waals surface area contributed by atoms with E-state index in [9.17, 15) is 14.4 Å². The number of urea groups is 1. The zero-order chi connectivity index (χ0) is 16.5. The first-order valence-electron chi connectivity index (χ1n) is 6.66. The Bertz CT molecular complexity index is 650. The maximum Gasteiger partial charge on any atom is 0.325 e. The number of hydrogen-bond donors (Lipinski definition) is 2. The van der Waals surface area contributed by atoms with E-state index in [1.807, 2.05) is 0 Å². The minimum absolute atomic E-state index is 0.267. The maximum absolute atomic E-state index is 12.6. The van der Waals surface area contributed by atoms with Crippen LogP contribution in [0.2, 0.25) is 10.0 Å². The Morgan fingerprint density at radius 2 is 2.05 bits per heavy atom.